The van der Waals surface area contributed by atoms with E-state index in [0.29, 0.717) is 26.3 Å². The molecular weight excluding hydrogens is 201 g/mol. The summed E-state index contributed by atoms with van der Waals surface area (Å²) in [6.07, 6.45) is 2.07. The average Bonchev–Trinajstić information content (AvgIpc) is 2.33. The molecule has 0 spiro atoms. The predicted octanol–water partition coefficient (Wildman–Crippen LogP) is 2.39. The molecule has 1 nitrogen and oxygen atoms in total. The minimum absolute atomic E-state index is 0.558. The van der Waals surface area contributed by atoms with Crippen LogP contribution < -0.4 is 0 Å². The number of rotatable bonds is 2. The first-order valence-corrected chi connectivity index (χ1v) is 5.78. The van der Waals surface area contributed by atoms with Gasteiger partial charge in [0.25, 0.3) is 0 Å². The van der Waals surface area contributed by atoms with Crippen LogP contribution in [0.25, 0.3) is 0 Å². The van der Waals surface area contributed by atoms with Crippen molar-refractivity contribution in [2.45, 2.75) is 39.5 Å². The molecule has 0 aliphatic rings. The van der Waals surface area contributed by atoms with Crippen LogP contribution in [0.5, 0.6) is 0 Å². The number of aromatic nitrogens is 1. The second kappa shape index (κ2) is 3.55. The van der Waals surface area contributed by atoms with Crippen molar-refractivity contribution in [2.24, 2.45) is 0 Å². The second-order valence-corrected chi connectivity index (χ2v) is 5.71. The fourth-order valence-electron chi connectivity index (χ4n) is 0.835. The Labute approximate surface area is 74.6 Å². The van der Waals surface area contributed by atoms with Crippen LogP contribution in [0.15, 0.2) is 6.20 Å². The molecule has 0 atom stereocenters. The maximum absolute atomic E-state index is 4.42. The Morgan fingerprint density at radius 1 is 1.18 bits per heavy atom. The van der Waals surface area contributed by atoms with Gasteiger partial charge in [0, 0.05) is 0 Å². The fourth-order valence-corrected chi connectivity index (χ4v) is 2.77. The first-order valence-electron chi connectivity index (χ1n) is 4.07. The van der Waals surface area contributed by atoms with Crippen LogP contribution in [0.2, 0.25) is 0 Å². The molecule has 1 rings (SSSR count). The standard InChI is InChI=1S/C9H15NSe/c1-6(2)8-5-10-9(11-8)7(3)4/h5-7H,1-4H3. The van der Waals surface area contributed by atoms with Crippen molar-refractivity contribution in [1.82, 2.24) is 4.98 Å². The first-order chi connectivity index (χ1) is 5.11. The molecule has 0 amide bonds. The number of nitrogens with zero attached hydrogens (tertiary/aromatic N) is 1. The number of hydrogen-bond acceptors (Lipinski definition) is 1. The Hall–Kier alpha value is -0.0705. The van der Waals surface area contributed by atoms with Gasteiger partial charge in [-0.15, -0.1) is 0 Å². The van der Waals surface area contributed by atoms with E-state index in [1.807, 2.05) is 0 Å². The van der Waals surface area contributed by atoms with E-state index in [2.05, 4.69) is 38.9 Å². The van der Waals surface area contributed by atoms with Crippen LogP contribution in [0, 0.1) is 0 Å². The molecule has 1 aromatic rings. The summed E-state index contributed by atoms with van der Waals surface area (Å²) < 4.78 is 2.95. The summed E-state index contributed by atoms with van der Waals surface area (Å²) in [4.78, 5) is 4.42. The Kier molecular flexibility index (Phi) is 2.91. The Morgan fingerprint density at radius 2 is 1.82 bits per heavy atom. The third-order valence-corrected chi connectivity index (χ3v) is 4.96. The van der Waals surface area contributed by atoms with Gasteiger partial charge in [0.15, 0.2) is 0 Å². The van der Waals surface area contributed by atoms with Gasteiger partial charge in [0.2, 0.25) is 0 Å². The SMILES string of the molecule is CC(C)c1cnc(C(C)C)[se]1. The summed E-state index contributed by atoms with van der Waals surface area (Å²) in [5.41, 5.74) is 0. The van der Waals surface area contributed by atoms with E-state index >= 15 is 0 Å². The molecule has 0 aliphatic carbocycles. The molecule has 62 valence electrons. The van der Waals surface area contributed by atoms with Crippen LogP contribution >= 0.6 is 0 Å². The van der Waals surface area contributed by atoms with Crippen molar-refractivity contribution < 1.29 is 0 Å². The molecule has 2 heteroatoms. The van der Waals surface area contributed by atoms with Gasteiger partial charge < -0.3 is 0 Å². The van der Waals surface area contributed by atoms with Crippen LogP contribution in [-0.2, 0) is 0 Å². The van der Waals surface area contributed by atoms with Gasteiger partial charge in [-0.1, -0.05) is 0 Å². The van der Waals surface area contributed by atoms with E-state index < -0.39 is 0 Å². The van der Waals surface area contributed by atoms with Crippen LogP contribution in [0.3, 0.4) is 0 Å². The molecule has 0 N–H and O–H groups in total. The number of hydrogen-bond donors (Lipinski definition) is 0. The van der Waals surface area contributed by atoms with Gasteiger partial charge in [-0.05, 0) is 0 Å². The first kappa shape index (κ1) is 9.02. The van der Waals surface area contributed by atoms with Gasteiger partial charge in [0.1, 0.15) is 0 Å². The van der Waals surface area contributed by atoms with Crippen molar-refractivity contribution in [3.63, 3.8) is 0 Å². The van der Waals surface area contributed by atoms with Gasteiger partial charge in [-0.2, -0.15) is 0 Å². The molecule has 0 saturated carbocycles. The molecule has 0 unspecified atom stereocenters. The summed E-state index contributed by atoms with van der Waals surface area (Å²) in [6, 6.07) is 0. The molecule has 0 saturated heterocycles. The molecule has 0 radical (unpaired) electrons. The zero-order valence-corrected chi connectivity index (χ0v) is 9.30. The summed E-state index contributed by atoms with van der Waals surface area (Å²) in [5, 5.41) is 0. The third-order valence-electron chi connectivity index (χ3n) is 1.60. The van der Waals surface area contributed by atoms with Crippen molar-refractivity contribution in [3.05, 3.63) is 15.2 Å². The van der Waals surface area contributed by atoms with Gasteiger partial charge in [0.05, 0.1) is 0 Å². The van der Waals surface area contributed by atoms with Crippen molar-refractivity contribution >= 4 is 14.5 Å². The molecule has 1 aromatic heterocycles. The zero-order valence-electron chi connectivity index (χ0n) is 7.59. The average molecular weight is 216 g/mol. The topological polar surface area (TPSA) is 12.9 Å². The summed E-state index contributed by atoms with van der Waals surface area (Å²) in [7, 11) is 0. The Bertz CT molecular complexity index is 203. The summed E-state index contributed by atoms with van der Waals surface area (Å²) in [6.45, 7) is 8.92. The third kappa shape index (κ3) is 2.18. The van der Waals surface area contributed by atoms with Crippen molar-refractivity contribution in [3.8, 4) is 0 Å². The summed E-state index contributed by atoms with van der Waals surface area (Å²) >= 11 is 0.558. The van der Waals surface area contributed by atoms with Crippen LogP contribution in [0.4, 0.5) is 0 Å². The van der Waals surface area contributed by atoms with E-state index in [4.69, 9.17) is 0 Å². The molecule has 11 heavy (non-hydrogen) atoms. The minimum atomic E-state index is 0.558. The van der Waals surface area contributed by atoms with E-state index in [-0.39, 0.29) is 0 Å². The van der Waals surface area contributed by atoms with Crippen molar-refractivity contribution in [2.75, 3.05) is 0 Å². The fraction of sp³-hybridized carbons (Fsp3) is 0.667. The Morgan fingerprint density at radius 3 is 2.09 bits per heavy atom. The van der Waals surface area contributed by atoms with Crippen LogP contribution in [-0.4, -0.2) is 19.5 Å². The Balaban J connectivity index is 2.82. The summed E-state index contributed by atoms with van der Waals surface area (Å²) in [5.74, 6) is 1.33. The molecule has 0 bridgehead atoms. The molecule has 0 fully saturated rings. The quantitative estimate of drug-likeness (QED) is 0.692. The van der Waals surface area contributed by atoms with E-state index in [1.54, 1.807) is 4.44 Å². The normalized spacial score (nSPS) is 11.5. The van der Waals surface area contributed by atoms with Gasteiger partial charge >= 0.3 is 74.2 Å². The van der Waals surface area contributed by atoms with E-state index in [1.165, 1.54) is 4.57 Å². The van der Waals surface area contributed by atoms with Crippen LogP contribution in [0.1, 0.15) is 48.5 Å². The van der Waals surface area contributed by atoms with E-state index in [9.17, 15) is 0 Å². The van der Waals surface area contributed by atoms with Gasteiger partial charge in [-0.3, -0.25) is 0 Å². The zero-order chi connectivity index (χ0) is 8.43. The molecule has 1 heterocycles. The molecule has 0 aromatic carbocycles. The molecule has 0 aliphatic heterocycles. The predicted molar refractivity (Wildman–Crippen MR) is 49.4 cm³/mol. The van der Waals surface area contributed by atoms with E-state index in [0.717, 1.165) is 0 Å². The maximum atomic E-state index is 4.42. The van der Waals surface area contributed by atoms with Crippen molar-refractivity contribution in [1.29, 1.82) is 0 Å². The molecular formula is C9H15NSe. The monoisotopic (exact) mass is 217 g/mol. The van der Waals surface area contributed by atoms with Gasteiger partial charge in [-0.25, -0.2) is 0 Å². The second-order valence-electron chi connectivity index (χ2n) is 3.41.